The molecule has 2 aromatic rings. The fourth-order valence-corrected chi connectivity index (χ4v) is 2.31. The zero-order chi connectivity index (χ0) is 16.1. The van der Waals surface area contributed by atoms with Gasteiger partial charge in [-0.15, -0.1) is 0 Å². The second kappa shape index (κ2) is 7.06. The quantitative estimate of drug-likeness (QED) is 0.769. The lowest BCUT2D eigenvalue weighted by Gasteiger charge is -2.09. The summed E-state index contributed by atoms with van der Waals surface area (Å²) in [5, 5.41) is 16.8. The molecule has 0 unspecified atom stereocenters. The summed E-state index contributed by atoms with van der Waals surface area (Å²) in [6.45, 7) is 4.11. The minimum atomic E-state index is -0.826. The molecule has 0 saturated carbocycles. The van der Waals surface area contributed by atoms with Crippen LogP contribution in [0.1, 0.15) is 45.6 Å². The molecular formula is C16H21N3O3. The number of hydrogen-bond donors (Lipinski definition) is 2. The Hall–Kier alpha value is -2.37. The van der Waals surface area contributed by atoms with Crippen LogP contribution in [0.2, 0.25) is 0 Å². The van der Waals surface area contributed by atoms with Crippen molar-refractivity contribution in [2.75, 3.05) is 5.32 Å². The van der Waals surface area contributed by atoms with E-state index in [1.165, 1.54) is 0 Å². The highest BCUT2D eigenvalue weighted by Crippen LogP contribution is 2.22. The average molecular weight is 303 g/mol. The third-order valence-electron chi connectivity index (χ3n) is 3.42. The van der Waals surface area contributed by atoms with Crippen LogP contribution in [-0.4, -0.2) is 26.8 Å². The molecule has 1 aromatic heterocycles. The van der Waals surface area contributed by atoms with Gasteiger partial charge in [-0.1, -0.05) is 0 Å². The van der Waals surface area contributed by atoms with Crippen molar-refractivity contribution in [3.8, 4) is 0 Å². The van der Waals surface area contributed by atoms with Gasteiger partial charge in [0.15, 0.2) is 0 Å². The van der Waals surface area contributed by atoms with E-state index in [1.54, 1.807) is 0 Å². The van der Waals surface area contributed by atoms with Crippen molar-refractivity contribution in [2.24, 2.45) is 0 Å². The van der Waals surface area contributed by atoms with E-state index in [1.807, 2.05) is 29.1 Å². The SMILES string of the molecule is CC(C)n1ncc2ccc(NC(=O)CCCCC(=O)O)cc21. The molecule has 0 spiro atoms. The van der Waals surface area contributed by atoms with Gasteiger partial charge in [0, 0.05) is 30.0 Å². The van der Waals surface area contributed by atoms with E-state index >= 15 is 0 Å². The number of carboxylic acids is 1. The lowest BCUT2D eigenvalue weighted by molar-refractivity contribution is -0.137. The lowest BCUT2D eigenvalue weighted by atomic mass is 10.2. The average Bonchev–Trinajstić information content (AvgIpc) is 2.86. The van der Waals surface area contributed by atoms with E-state index < -0.39 is 5.97 Å². The summed E-state index contributed by atoms with van der Waals surface area (Å²) in [5.74, 6) is -0.923. The number of aliphatic carboxylic acids is 1. The smallest absolute Gasteiger partial charge is 0.303 e. The van der Waals surface area contributed by atoms with Gasteiger partial charge >= 0.3 is 5.97 Å². The summed E-state index contributed by atoms with van der Waals surface area (Å²) in [6, 6.07) is 5.95. The third-order valence-corrected chi connectivity index (χ3v) is 3.42. The van der Waals surface area contributed by atoms with Crippen molar-refractivity contribution < 1.29 is 14.7 Å². The number of nitrogens with one attached hydrogen (secondary N) is 1. The van der Waals surface area contributed by atoms with E-state index in [-0.39, 0.29) is 18.4 Å². The van der Waals surface area contributed by atoms with Crippen LogP contribution in [0.5, 0.6) is 0 Å². The van der Waals surface area contributed by atoms with Crippen LogP contribution >= 0.6 is 0 Å². The number of carbonyl (C=O) groups excluding carboxylic acids is 1. The molecule has 22 heavy (non-hydrogen) atoms. The summed E-state index contributed by atoms with van der Waals surface area (Å²) in [7, 11) is 0. The molecule has 2 rings (SSSR count). The van der Waals surface area contributed by atoms with Gasteiger partial charge in [-0.05, 0) is 44.9 Å². The molecule has 0 bridgehead atoms. The standard InChI is InChI=1S/C16H21N3O3/c1-11(2)19-14-9-13(8-7-12(14)10-17-19)18-15(20)5-3-4-6-16(21)22/h7-11H,3-6H2,1-2H3,(H,18,20)(H,21,22). The highest BCUT2D eigenvalue weighted by Gasteiger charge is 2.08. The van der Waals surface area contributed by atoms with Gasteiger partial charge in [0.2, 0.25) is 5.91 Å². The maximum atomic E-state index is 11.9. The van der Waals surface area contributed by atoms with Crippen molar-refractivity contribution in [3.63, 3.8) is 0 Å². The van der Waals surface area contributed by atoms with E-state index in [0.29, 0.717) is 19.3 Å². The largest absolute Gasteiger partial charge is 0.481 e. The molecule has 0 aliphatic heterocycles. The van der Waals surface area contributed by atoms with Crippen LogP contribution in [0.3, 0.4) is 0 Å². The van der Waals surface area contributed by atoms with Gasteiger partial charge in [0.1, 0.15) is 0 Å². The number of carbonyl (C=O) groups is 2. The number of hydrogen-bond acceptors (Lipinski definition) is 3. The molecule has 0 aliphatic rings. The number of fused-ring (bicyclic) bond motifs is 1. The number of amides is 1. The fraction of sp³-hybridized carbons (Fsp3) is 0.438. The van der Waals surface area contributed by atoms with Crippen LogP contribution in [0.15, 0.2) is 24.4 Å². The molecule has 0 fully saturated rings. The number of anilines is 1. The van der Waals surface area contributed by atoms with Gasteiger partial charge < -0.3 is 10.4 Å². The molecule has 0 atom stereocenters. The molecule has 0 radical (unpaired) electrons. The van der Waals surface area contributed by atoms with E-state index in [4.69, 9.17) is 5.11 Å². The highest BCUT2D eigenvalue weighted by molar-refractivity contribution is 5.93. The van der Waals surface area contributed by atoms with Gasteiger partial charge in [-0.3, -0.25) is 14.3 Å². The molecule has 0 aliphatic carbocycles. The van der Waals surface area contributed by atoms with E-state index in [0.717, 1.165) is 16.6 Å². The molecule has 118 valence electrons. The van der Waals surface area contributed by atoms with Crippen LogP contribution in [0, 0.1) is 0 Å². The Balaban J connectivity index is 1.97. The fourth-order valence-electron chi connectivity index (χ4n) is 2.31. The molecule has 1 amide bonds. The van der Waals surface area contributed by atoms with Crippen molar-refractivity contribution in [1.82, 2.24) is 9.78 Å². The number of unbranched alkanes of at least 4 members (excludes halogenated alkanes) is 1. The molecule has 6 heteroatoms. The number of nitrogens with zero attached hydrogens (tertiary/aromatic N) is 2. The van der Waals surface area contributed by atoms with Gasteiger partial charge in [-0.25, -0.2) is 0 Å². The van der Waals surface area contributed by atoms with Gasteiger partial charge in [0.05, 0.1) is 11.7 Å². The first-order chi connectivity index (χ1) is 10.5. The minimum absolute atomic E-state index is 0.0969. The van der Waals surface area contributed by atoms with Gasteiger partial charge in [0.25, 0.3) is 0 Å². The minimum Gasteiger partial charge on any atom is -0.481 e. The highest BCUT2D eigenvalue weighted by atomic mass is 16.4. The van der Waals surface area contributed by atoms with Crippen molar-refractivity contribution in [3.05, 3.63) is 24.4 Å². The van der Waals surface area contributed by atoms with Crippen LogP contribution in [-0.2, 0) is 9.59 Å². The van der Waals surface area contributed by atoms with Gasteiger partial charge in [-0.2, -0.15) is 5.10 Å². The second-order valence-corrected chi connectivity index (χ2v) is 5.61. The first-order valence-corrected chi connectivity index (χ1v) is 7.46. The lowest BCUT2D eigenvalue weighted by Crippen LogP contribution is -2.11. The van der Waals surface area contributed by atoms with Crippen molar-refractivity contribution in [2.45, 2.75) is 45.6 Å². The predicted molar refractivity (Wildman–Crippen MR) is 84.9 cm³/mol. The monoisotopic (exact) mass is 303 g/mol. The Morgan fingerprint density at radius 3 is 2.68 bits per heavy atom. The Morgan fingerprint density at radius 1 is 1.27 bits per heavy atom. The summed E-state index contributed by atoms with van der Waals surface area (Å²) in [6.07, 6.45) is 3.33. The molecule has 6 nitrogen and oxygen atoms in total. The Morgan fingerprint density at radius 2 is 2.00 bits per heavy atom. The Kier molecular flexibility index (Phi) is 5.14. The summed E-state index contributed by atoms with van der Waals surface area (Å²) in [5.41, 5.74) is 1.72. The Bertz CT molecular complexity index is 676. The van der Waals surface area contributed by atoms with Crippen LogP contribution < -0.4 is 5.32 Å². The topological polar surface area (TPSA) is 84.2 Å². The molecule has 1 heterocycles. The zero-order valence-electron chi connectivity index (χ0n) is 12.9. The predicted octanol–water partition coefficient (Wildman–Crippen LogP) is 3.20. The van der Waals surface area contributed by atoms with E-state index in [2.05, 4.69) is 24.3 Å². The molecular weight excluding hydrogens is 282 g/mol. The molecule has 0 saturated heterocycles. The van der Waals surface area contributed by atoms with Crippen molar-refractivity contribution in [1.29, 1.82) is 0 Å². The van der Waals surface area contributed by atoms with Crippen LogP contribution in [0.4, 0.5) is 5.69 Å². The second-order valence-electron chi connectivity index (χ2n) is 5.61. The molecule has 1 aromatic carbocycles. The third kappa shape index (κ3) is 4.07. The normalized spacial score (nSPS) is 11.0. The summed E-state index contributed by atoms with van der Waals surface area (Å²) >= 11 is 0. The maximum absolute atomic E-state index is 11.9. The first-order valence-electron chi connectivity index (χ1n) is 7.46. The number of benzene rings is 1. The van der Waals surface area contributed by atoms with Crippen LogP contribution in [0.25, 0.3) is 10.9 Å². The van der Waals surface area contributed by atoms with E-state index in [9.17, 15) is 9.59 Å². The number of carboxylic acid groups (broad SMARTS) is 1. The molecule has 2 N–H and O–H groups in total. The first kappa shape index (κ1) is 16.0. The zero-order valence-corrected chi connectivity index (χ0v) is 12.9. The van der Waals surface area contributed by atoms with Crippen molar-refractivity contribution >= 4 is 28.5 Å². The summed E-state index contributed by atoms with van der Waals surface area (Å²) in [4.78, 5) is 22.3. The Labute approximate surface area is 129 Å². The maximum Gasteiger partial charge on any atom is 0.303 e. The summed E-state index contributed by atoms with van der Waals surface area (Å²) < 4.78 is 1.91. The number of rotatable bonds is 7. The number of aromatic nitrogens is 2.